The molecule has 1 aromatic carbocycles. The van der Waals surface area contributed by atoms with Gasteiger partial charge in [-0.25, -0.2) is 9.50 Å². The number of fused-ring (bicyclic) bond motifs is 1. The van der Waals surface area contributed by atoms with Crippen LogP contribution in [0.3, 0.4) is 0 Å². The predicted octanol–water partition coefficient (Wildman–Crippen LogP) is 3.73. The van der Waals surface area contributed by atoms with Crippen molar-refractivity contribution in [1.82, 2.24) is 14.6 Å². The Morgan fingerprint density at radius 1 is 1.35 bits per heavy atom. The zero-order valence-corrected chi connectivity index (χ0v) is 14.3. The van der Waals surface area contributed by atoms with E-state index in [1.807, 2.05) is 35.0 Å². The van der Waals surface area contributed by atoms with Gasteiger partial charge in [-0.1, -0.05) is 42.0 Å². The zero-order chi connectivity index (χ0) is 15.8. The van der Waals surface area contributed by atoms with E-state index < -0.39 is 0 Å². The van der Waals surface area contributed by atoms with Crippen molar-refractivity contribution in [3.05, 3.63) is 35.5 Å². The molecule has 4 rings (SSSR count). The molecule has 1 unspecified atom stereocenters. The summed E-state index contributed by atoms with van der Waals surface area (Å²) in [4.78, 5) is 7.94. The Morgan fingerprint density at radius 3 is 2.91 bits per heavy atom. The molecule has 1 atom stereocenters. The summed E-state index contributed by atoms with van der Waals surface area (Å²) in [5.41, 5.74) is 1.97. The van der Waals surface area contributed by atoms with E-state index in [1.54, 1.807) is 11.3 Å². The third-order valence-electron chi connectivity index (χ3n) is 4.12. The normalized spacial score (nSPS) is 18.7. The number of rotatable bonds is 3. The van der Waals surface area contributed by atoms with Crippen LogP contribution in [0.25, 0.3) is 16.2 Å². The lowest BCUT2D eigenvalue weighted by atomic mass is 10.2. The maximum Gasteiger partial charge on any atom is 0.214 e. The molecule has 0 N–H and O–H groups in total. The van der Waals surface area contributed by atoms with E-state index in [1.165, 1.54) is 0 Å². The molecule has 0 aliphatic carbocycles. The Morgan fingerprint density at radius 2 is 2.17 bits per heavy atom. The fourth-order valence-corrected chi connectivity index (χ4v) is 3.92. The van der Waals surface area contributed by atoms with Gasteiger partial charge in [0.05, 0.1) is 31.1 Å². The molecule has 7 heteroatoms. The molecule has 5 nitrogen and oxygen atoms in total. The van der Waals surface area contributed by atoms with E-state index in [0.717, 1.165) is 52.6 Å². The number of anilines is 1. The van der Waals surface area contributed by atoms with Gasteiger partial charge in [-0.05, 0) is 18.6 Å². The summed E-state index contributed by atoms with van der Waals surface area (Å²) in [6, 6.07) is 8.11. The maximum absolute atomic E-state index is 5.94. The van der Waals surface area contributed by atoms with Crippen molar-refractivity contribution in [2.75, 3.05) is 24.7 Å². The van der Waals surface area contributed by atoms with Gasteiger partial charge in [0.2, 0.25) is 10.1 Å². The van der Waals surface area contributed by atoms with Gasteiger partial charge in [-0.2, -0.15) is 0 Å². The molecule has 3 aromatic rings. The Kier molecular flexibility index (Phi) is 3.97. The lowest BCUT2D eigenvalue weighted by molar-refractivity contribution is 0.0929. The first-order chi connectivity index (χ1) is 11.2. The first kappa shape index (κ1) is 14.9. The van der Waals surface area contributed by atoms with E-state index in [9.17, 15) is 0 Å². The standard InChI is InChI=1S/C16H17ClN4OS/c1-2-13-10-22-8-7-20(13)16-19-21-9-14(18-15(21)23-16)11-3-5-12(17)6-4-11/h3-6,9,13H,2,7-8,10H2,1H3. The van der Waals surface area contributed by atoms with Crippen molar-refractivity contribution >= 4 is 33.0 Å². The molecule has 1 aliphatic rings. The van der Waals surface area contributed by atoms with Gasteiger partial charge in [0, 0.05) is 17.1 Å². The minimum atomic E-state index is 0.398. The summed E-state index contributed by atoms with van der Waals surface area (Å²) in [5, 5.41) is 6.46. The SMILES string of the molecule is CCC1COCCN1c1nn2cc(-c3ccc(Cl)cc3)nc2s1. The largest absolute Gasteiger partial charge is 0.377 e. The third-order valence-corrected chi connectivity index (χ3v) is 5.33. The number of hydrogen-bond donors (Lipinski definition) is 0. The van der Waals surface area contributed by atoms with Crippen LogP contribution >= 0.6 is 22.9 Å². The topological polar surface area (TPSA) is 42.7 Å². The second-order valence-corrected chi connectivity index (χ2v) is 6.95. The molecule has 0 saturated carbocycles. The Hall–Kier alpha value is -1.63. The molecule has 1 fully saturated rings. The van der Waals surface area contributed by atoms with Gasteiger partial charge < -0.3 is 9.64 Å². The van der Waals surface area contributed by atoms with Crippen LogP contribution in [-0.4, -0.2) is 40.4 Å². The van der Waals surface area contributed by atoms with Crippen LogP contribution in [-0.2, 0) is 4.74 Å². The van der Waals surface area contributed by atoms with Gasteiger partial charge in [0.25, 0.3) is 0 Å². The smallest absolute Gasteiger partial charge is 0.214 e. The highest BCUT2D eigenvalue weighted by molar-refractivity contribution is 7.20. The van der Waals surface area contributed by atoms with E-state index in [2.05, 4.69) is 11.8 Å². The van der Waals surface area contributed by atoms with E-state index in [0.29, 0.717) is 6.04 Å². The van der Waals surface area contributed by atoms with Gasteiger partial charge >= 0.3 is 0 Å². The van der Waals surface area contributed by atoms with Crippen molar-refractivity contribution in [3.63, 3.8) is 0 Å². The Balaban J connectivity index is 1.65. The molecule has 120 valence electrons. The summed E-state index contributed by atoms with van der Waals surface area (Å²) in [6.45, 7) is 4.60. The van der Waals surface area contributed by atoms with Crippen molar-refractivity contribution in [2.24, 2.45) is 0 Å². The first-order valence-electron chi connectivity index (χ1n) is 7.71. The first-order valence-corrected chi connectivity index (χ1v) is 8.90. The molecule has 0 spiro atoms. The monoisotopic (exact) mass is 348 g/mol. The van der Waals surface area contributed by atoms with Crippen LogP contribution in [0, 0.1) is 0 Å². The Bertz CT molecular complexity index is 782. The number of ether oxygens (including phenoxy) is 1. The summed E-state index contributed by atoms with van der Waals surface area (Å²) in [6.07, 6.45) is 3.03. The van der Waals surface area contributed by atoms with Crippen LogP contribution < -0.4 is 4.90 Å². The van der Waals surface area contributed by atoms with Crippen LogP contribution in [0.2, 0.25) is 5.02 Å². The summed E-state index contributed by atoms with van der Waals surface area (Å²) >= 11 is 7.57. The molecular formula is C16H17ClN4OS. The van der Waals surface area contributed by atoms with Crippen LogP contribution in [0.5, 0.6) is 0 Å². The molecule has 1 saturated heterocycles. The van der Waals surface area contributed by atoms with Crippen molar-refractivity contribution in [3.8, 4) is 11.3 Å². The fraction of sp³-hybridized carbons (Fsp3) is 0.375. The fourth-order valence-electron chi connectivity index (χ4n) is 2.81. The predicted molar refractivity (Wildman–Crippen MR) is 93.6 cm³/mol. The van der Waals surface area contributed by atoms with Gasteiger partial charge in [-0.3, -0.25) is 0 Å². The second-order valence-electron chi connectivity index (χ2n) is 5.58. The molecule has 0 bridgehead atoms. The molecule has 0 amide bonds. The number of aromatic nitrogens is 3. The molecule has 23 heavy (non-hydrogen) atoms. The average molecular weight is 349 g/mol. The van der Waals surface area contributed by atoms with Crippen molar-refractivity contribution in [2.45, 2.75) is 19.4 Å². The zero-order valence-electron chi connectivity index (χ0n) is 12.8. The van der Waals surface area contributed by atoms with E-state index >= 15 is 0 Å². The van der Waals surface area contributed by atoms with Gasteiger partial charge in [0.15, 0.2) is 0 Å². The number of benzene rings is 1. The maximum atomic E-state index is 5.94. The van der Waals surface area contributed by atoms with Crippen molar-refractivity contribution in [1.29, 1.82) is 0 Å². The second kappa shape index (κ2) is 6.11. The van der Waals surface area contributed by atoms with Gasteiger partial charge in [-0.15, -0.1) is 5.10 Å². The summed E-state index contributed by atoms with van der Waals surface area (Å²) in [7, 11) is 0. The Labute approximate surface area is 143 Å². The minimum Gasteiger partial charge on any atom is -0.377 e. The average Bonchev–Trinajstić information content (AvgIpc) is 3.14. The number of hydrogen-bond acceptors (Lipinski definition) is 5. The van der Waals surface area contributed by atoms with E-state index in [-0.39, 0.29) is 0 Å². The number of halogens is 1. The number of nitrogens with zero attached hydrogens (tertiary/aromatic N) is 4. The molecule has 1 aliphatic heterocycles. The quantitative estimate of drug-likeness (QED) is 0.723. The molecule has 3 heterocycles. The van der Waals surface area contributed by atoms with Crippen LogP contribution in [0.1, 0.15) is 13.3 Å². The highest BCUT2D eigenvalue weighted by Gasteiger charge is 2.25. The third kappa shape index (κ3) is 2.82. The highest BCUT2D eigenvalue weighted by Crippen LogP contribution is 2.29. The van der Waals surface area contributed by atoms with Gasteiger partial charge in [0.1, 0.15) is 0 Å². The lowest BCUT2D eigenvalue weighted by Crippen LogP contribution is -2.45. The molecule has 2 aromatic heterocycles. The van der Waals surface area contributed by atoms with Crippen LogP contribution in [0.4, 0.5) is 5.13 Å². The minimum absolute atomic E-state index is 0.398. The number of morpholine rings is 1. The summed E-state index contributed by atoms with van der Waals surface area (Å²) < 4.78 is 7.44. The number of imidazole rings is 1. The highest BCUT2D eigenvalue weighted by atomic mass is 35.5. The van der Waals surface area contributed by atoms with E-state index in [4.69, 9.17) is 26.4 Å². The van der Waals surface area contributed by atoms with Crippen LogP contribution in [0.15, 0.2) is 30.5 Å². The summed E-state index contributed by atoms with van der Waals surface area (Å²) in [5.74, 6) is 0. The van der Waals surface area contributed by atoms with Crippen molar-refractivity contribution < 1.29 is 4.74 Å². The molecular weight excluding hydrogens is 332 g/mol. The molecule has 0 radical (unpaired) electrons. The lowest BCUT2D eigenvalue weighted by Gasteiger charge is -2.34.